The van der Waals surface area contributed by atoms with Crippen LogP contribution in [0.3, 0.4) is 0 Å². The van der Waals surface area contributed by atoms with Crippen LogP contribution in [0, 0.1) is 0 Å². The van der Waals surface area contributed by atoms with Crippen molar-refractivity contribution >= 4 is 5.91 Å². The van der Waals surface area contributed by atoms with Crippen LogP contribution in [0.2, 0.25) is 0 Å². The summed E-state index contributed by atoms with van der Waals surface area (Å²) in [7, 11) is 0. The maximum absolute atomic E-state index is 12.8. The van der Waals surface area contributed by atoms with Gasteiger partial charge in [0.1, 0.15) is 12.2 Å². The van der Waals surface area contributed by atoms with Gasteiger partial charge in [-0.1, -0.05) is 6.07 Å². The van der Waals surface area contributed by atoms with E-state index in [1.807, 2.05) is 17.0 Å². The van der Waals surface area contributed by atoms with E-state index in [-0.39, 0.29) is 30.6 Å². The first-order valence-electron chi connectivity index (χ1n) is 9.29. The molecule has 0 aromatic carbocycles. The molecule has 1 aromatic heterocycles. The lowest BCUT2D eigenvalue weighted by Crippen LogP contribution is -2.47. The van der Waals surface area contributed by atoms with E-state index < -0.39 is 5.60 Å². The Morgan fingerprint density at radius 3 is 3.04 bits per heavy atom. The first-order chi connectivity index (χ1) is 12.1. The van der Waals surface area contributed by atoms with Gasteiger partial charge in [0.25, 0.3) is 0 Å². The topological polar surface area (TPSA) is 71.9 Å². The molecule has 3 fully saturated rings. The monoisotopic (exact) mass is 346 g/mol. The van der Waals surface area contributed by atoms with Crippen LogP contribution in [-0.4, -0.2) is 57.9 Å². The van der Waals surface area contributed by atoms with Gasteiger partial charge in [0.05, 0.1) is 24.7 Å². The van der Waals surface area contributed by atoms with Crippen LogP contribution in [0.25, 0.3) is 0 Å². The van der Waals surface area contributed by atoms with Gasteiger partial charge < -0.3 is 19.5 Å². The fourth-order valence-corrected chi connectivity index (χ4v) is 4.17. The highest BCUT2D eigenvalue weighted by molar-refractivity contribution is 5.78. The minimum Gasteiger partial charge on any atom is -0.389 e. The number of carbonyl (C=O) groups is 1. The van der Waals surface area contributed by atoms with Crippen molar-refractivity contribution in [2.45, 2.75) is 69.0 Å². The van der Waals surface area contributed by atoms with E-state index in [2.05, 4.69) is 4.98 Å². The van der Waals surface area contributed by atoms with Crippen molar-refractivity contribution < 1.29 is 19.4 Å². The minimum atomic E-state index is -0.781. The molecule has 6 heteroatoms. The summed E-state index contributed by atoms with van der Waals surface area (Å²) in [5, 5.41) is 10.3. The van der Waals surface area contributed by atoms with Crippen molar-refractivity contribution in [3.05, 3.63) is 30.1 Å². The van der Waals surface area contributed by atoms with Crippen molar-refractivity contribution in [2.24, 2.45) is 0 Å². The normalized spacial score (nSPS) is 30.6. The lowest BCUT2D eigenvalue weighted by Gasteiger charge is -2.38. The zero-order valence-electron chi connectivity index (χ0n) is 14.5. The Balaban J connectivity index is 1.41. The SMILES string of the molecule is O=C(CC1(O)CCC1)N1C[C@H](OCc2cccnc2)[C@H]2OCCC[C@H]21. The second-order valence-electron chi connectivity index (χ2n) is 7.56. The molecule has 1 amide bonds. The number of pyridine rings is 1. The van der Waals surface area contributed by atoms with Gasteiger partial charge in [0.2, 0.25) is 5.91 Å². The van der Waals surface area contributed by atoms with E-state index in [4.69, 9.17) is 9.47 Å². The molecule has 1 N–H and O–H groups in total. The van der Waals surface area contributed by atoms with Gasteiger partial charge in [-0.15, -0.1) is 0 Å². The number of nitrogens with zero attached hydrogens (tertiary/aromatic N) is 2. The number of amides is 1. The third kappa shape index (κ3) is 3.57. The molecular formula is C19H26N2O4. The highest BCUT2D eigenvalue weighted by Crippen LogP contribution is 2.37. The van der Waals surface area contributed by atoms with Crippen LogP contribution in [0.15, 0.2) is 24.5 Å². The molecular weight excluding hydrogens is 320 g/mol. The molecule has 2 aliphatic heterocycles. The Morgan fingerprint density at radius 2 is 2.32 bits per heavy atom. The van der Waals surface area contributed by atoms with E-state index in [0.29, 0.717) is 13.2 Å². The predicted molar refractivity (Wildman–Crippen MR) is 90.7 cm³/mol. The Bertz CT molecular complexity index is 605. The number of carbonyl (C=O) groups excluding carboxylic acids is 1. The molecule has 1 saturated carbocycles. The van der Waals surface area contributed by atoms with Gasteiger partial charge in [-0.25, -0.2) is 0 Å². The number of hydrogen-bond donors (Lipinski definition) is 1. The molecule has 2 saturated heterocycles. The quantitative estimate of drug-likeness (QED) is 0.878. The van der Waals surface area contributed by atoms with Crippen LogP contribution in [-0.2, 0) is 20.9 Å². The maximum Gasteiger partial charge on any atom is 0.225 e. The summed E-state index contributed by atoms with van der Waals surface area (Å²) >= 11 is 0. The summed E-state index contributed by atoms with van der Waals surface area (Å²) in [5.74, 6) is 0.0372. The molecule has 0 radical (unpaired) electrons. The summed E-state index contributed by atoms with van der Waals surface area (Å²) in [5.41, 5.74) is 0.236. The number of aromatic nitrogens is 1. The third-order valence-corrected chi connectivity index (χ3v) is 5.75. The fraction of sp³-hybridized carbons (Fsp3) is 0.684. The van der Waals surface area contributed by atoms with Crippen LogP contribution >= 0.6 is 0 Å². The molecule has 136 valence electrons. The van der Waals surface area contributed by atoms with Gasteiger partial charge in [-0.3, -0.25) is 9.78 Å². The van der Waals surface area contributed by atoms with Crippen molar-refractivity contribution in [2.75, 3.05) is 13.2 Å². The van der Waals surface area contributed by atoms with E-state index in [9.17, 15) is 9.90 Å². The Labute approximate surface area is 148 Å². The van der Waals surface area contributed by atoms with Gasteiger partial charge in [0, 0.05) is 25.5 Å². The van der Waals surface area contributed by atoms with Crippen LogP contribution in [0.1, 0.15) is 44.1 Å². The first-order valence-corrected chi connectivity index (χ1v) is 9.29. The van der Waals surface area contributed by atoms with Crippen LogP contribution in [0.5, 0.6) is 0 Å². The first kappa shape index (κ1) is 16.9. The second kappa shape index (κ2) is 7.02. The lowest BCUT2D eigenvalue weighted by molar-refractivity contribution is -0.143. The van der Waals surface area contributed by atoms with E-state index in [1.54, 1.807) is 12.4 Å². The molecule has 3 heterocycles. The molecule has 6 nitrogen and oxygen atoms in total. The lowest BCUT2D eigenvalue weighted by atomic mass is 9.77. The summed E-state index contributed by atoms with van der Waals surface area (Å²) in [4.78, 5) is 18.8. The smallest absolute Gasteiger partial charge is 0.225 e. The maximum atomic E-state index is 12.8. The standard InChI is InChI=1S/C19H26N2O4/c22-17(10-19(23)6-3-7-19)21-12-16(18-15(21)5-2-9-24-18)25-13-14-4-1-8-20-11-14/h1,4,8,11,15-16,18,23H,2-3,5-7,9-10,12-13H2/t15-,16+,18+/m1/s1. The fourth-order valence-electron chi connectivity index (χ4n) is 4.17. The summed E-state index contributed by atoms with van der Waals surface area (Å²) in [6.07, 6.45) is 7.97. The molecule has 25 heavy (non-hydrogen) atoms. The predicted octanol–water partition coefficient (Wildman–Crippen LogP) is 1.66. The molecule has 0 spiro atoms. The van der Waals surface area contributed by atoms with Crippen molar-refractivity contribution in [1.29, 1.82) is 0 Å². The highest BCUT2D eigenvalue weighted by Gasteiger charge is 2.48. The van der Waals surface area contributed by atoms with Gasteiger partial charge in [-0.2, -0.15) is 0 Å². The molecule has 1 aromatic rings. The van der Waals surface area contributed by atoms with Gasteiger partial charge in [-0.05, 0) is 43.7 Å². The average molecular weight is 346 g/mol. The van der Waals surface area contributed by atoms with E-state index in [0.717, 1.165) is 44.3 Å². The van der Waals surface area contributed by atoms with E-state index in [1.165, 1.54) is 0 Å². The van der Waals surface area contributed by atoms with Crippen LogP contribution < -0.4 is 0 Å². The minimum absolute atomic E-state index is 0.0372. The number of rotatable bonds is 5. The molecule has 3 aliphatic rings. The molecule has 4 rings (SSSR count). The second-order valence-corrected chi connectivity index (χ2v) is 7.56. The third-order valence-electron chi connectivity index (χ3n) is 5.75. The van der Waals surface area contributed by atoms with E-state index >= 15 is 0 Å². The van der Waals surface area contributed by atoms with Crippen molar-refractivity contribution in [3.8, 4) is 0 Å². The molecule has 3 atom stereocenters. The molecule has 0 bridgehead atoms. The van der Waals surface area contributed by atoms with Crippen LogP contribution in [0.4, 0.5) is 0 Å². The average Bonchev–Trinajstić information content (AvgIpc) is 2.98. The molecule has 1 aliphatic carbocycles. The number of likely N-dealkylation sites (tertiary alicyclic amines) is 1. The largest absolute Gasteiger partial charge is 0.389 e. The highest BCUT2D eigenvalue weighted by atomic mass is 16.5. The number of aliphatic hydroxyl groups is 1. The Kier molecular flexibility index (Phi) is 4.75. The summed E-state index contributed by atoms with van der Waals surface area (Å²) < 4.78 is 12.0. The van der Waals surface area contributed by atoms with Gasteiger partial charge in [0.15, 0.2) is 0 Å². The molecule has 0 unspecified atom stereocenters. The zero-order valence-corrected chi connectivity index (χ0v) is 14.5. The summed E-state index contributed by atoms with van der Waals surface area (Å²) in [6.45, 7) is 1.74. The van der Waals surface area contributed by atoms with Crippen molar-refractivity contribution in [1.82, 2.24) is 9.88 Å². The number of fused-ring (bicyclic) bond motifs is 1. The Hall–Kier alpha value is -1.50. The van der Waals surface area contributed by atoms with Crippen molar-refractivity contribution in [3.63, 3.8) is 0 Å². The number of hydrogen-bond acceptors (Lipinski definition) is 5. The Morgan fingerprint density at radius 1 is 1.44 bits per heavy atom. The summed E-state index contributed by atoms with van der Waals surface area (Å²) in [6, 6.07) is 3.95. The van der Waals surface area contributed by atoms with Gasteiger partial charge >= 0.3 is 0 Å². The zero-order chi connectivity index (χ0) is 17.3. The number of ether oxygens (including phenoxy) is 2.